The number of hydrogen-bond donors (Lipinski definition) is 0. The summed E-state index contributed by atoms with van der Waals surface area (Å²) in [6.07, 6.45) is 6.10. The van der Waals surface area contributed by atoms with E-state index in [1.807, 2.05) is 18.2 Å². The Morgan fingerprint density at radius 3 is 2.72 bits per heavy atom. The third kappa shape index (κ3) is 1.83. The van der Waals surface area contributed by atoms with Crippen LogP contribution in [0.4, 0.5) is 0 Å². The first-order valence-electron chi connectivity index (χ1n) is 5.48. The molecule has 0 saturated carbocycles. The molecule has 3 nitrogen and oxygen atoms in total. The van der Waals surface area contributed by atoms with Crippen molar-refractivity contribution in [2.45, 2.75) is 0 Å². The highest BCUT2D eigenvalue weighted by Gasteiger charge is 2.25. The molecule has 4 heteroatoms. The van der Waals surface area contributed by atoms with E-state index in [9.17, 15) is 0 Å². The van der Waals surface area contributed by atoms with Gasteiger partial charge in [-0.25, -0.2) is 4.99 Å². The molecule has 0 amide bonds. The van der Waals surface area contributed by atoms with Crippen LogP contribution in [0.15, 0.2) is 51.6 Å². The summed E-state index contributed by atoms with van der Waals surface area (Å²) >= 11 is 3.49. The lowest BCUT2D eigenvalue weighted by molar-refractivity contribution is -0.273. The summed E-state index contributed by atoms with van der Waals surface area (Å²) in [5, 5.41) is 3.96. The molecule has 0 N–H and O–H groups in total. The van der Waals surface area contributed by atoms with Crippen molar-refractivity contribution in [3.63, 3.8) is 0 Å². The van der Waals surface area contributed by atoms with Gasteiger partial charge in [-0.1, -0.05) is 40.2 Å². The zero-order valence-electron chi connectivity index (χ0n) is 9.68. The Balaban J connectivity index is 2.11. The van der Waals surface area contributed by atoms with Crippen LogP contribution in [0.25, 0.3) is 11.6 Å². The molecule has 90 valence electrons. The largest absolute Gasteiger partial charge is 0.220 e. The first kappa shape index (κ1) is 11.4. The molecule has 2 aliphatic carbocycles. The van der Waals surface area contributed by atoms with Gasteiger partial charge in [0.25, 0.3) is 0 Å². The molecule has 3 rings (SSSR count). The van der Waals surface area contributed by atoms with Crippen LogP contribution in [-0.2, 0) is 9.88 Å². The van der Waals surface area contributed by atoms with E-state index in [-0.39, 0.29) is 0 Å². The fourth-order valence-electron chi connectivity index (χ4n) is 2.15. The number of hydrogen-bond acceptors (Lipinski definition) is 3. The highest BCUT2D eigenvalue weighted by molar-refractivity contribution is 9.11. The maximum absolute atomic E-state index is 4.68. The smallest absolute Gasteiger partial charge is 0.115 e. The van der Waals surface area contributed by atoms with Gasteiger partial charge in [0.2, 0.25) is 0 Å². The summed E-state index contributed by atoms with van der Waals surface area (Å²) in [6.45, 7) is 0. The van der Waals surface area contributed by atoms with Crippen molar-refractivity contribution in [2.75, 3.05) is 7.11 Å². The molecule has 0 aromatic heterocycles. The molecule has 0 atom stereocenters. The molecular weight excluding hydrogens is 294 g/mol. The number of fused-ring (bicyclic) bond motifs is 3. The van der Waals surface area contributed by atoms with E-state index >= 15 is 0 Å². The number of halogens is 1. The molecule has 2 aliphatic rings. The number of oxime groups is 1. The Morgan fingerprint density at radius 1 is 1.06 bits per heavy atom. The van der Waals surface area contributed by atoms with E-state index in [0.29, 0.717) is 0 Å². The molecular formula is C14H10BrNO2. The summed E-state index contributed by atoms with van der Waals surface area (Å²) in [5.74, 6) is 0. The van der Waals surface area contributed by atoms with E-state index < -0.39 is 0 Å². The Hall–Kier alpha value is -1.65. The standard InChI is InChI=1S/C14H10BrNO2/c1-17-18-16-14-8-10(15)7-12-11-5-3-2-4-9(11)6-13(12)14/h2-8H,1H3. The fraction of sp³-hybridized carbons (Fsp3) is 0.0714. The van der Waals surface area contributed by atoms with Gasteiger partial charge >= 0.3 is 0 Å². The van der Waals surface area contributed by atoms with Gasteiger partial charge in [0.15, 0.2) is 0 Å². The van der Waals surface area contributed by atoms with Gasteiger partial charge in [-0.05, 0) is 40.1 Å². The number of allylic oxidation sites excluding steroid dienone is 5. The lowest BCUT2D eigenvalue weighted by Gasteiger charge is -2.12. The van der Waals surface area contributed by atoms with Gasteiger partial charge in [-0.3, -0.25) is 0 Å². The summed E-state index contributed by atoms with van der Waals surface area (Å²) in [5.41, 5.74) is 5.36. The number of rotatable bonds is 2. The third-order valence-corrected chi connectivity index (χ3v) is 3.34. The zero-order chi connectivity index (χ0) is 12.5. The van der Waals surface area contributed by atoms with Crippen LogP contribution in [0.1, 0.15) is 11.1 Å². The summed E-state index contributed by atoms with van der Waals surface area (Å²) < 4.78 is 0.963. The molecule has 0 fully saturated rings. The predicted molar refractivity (Wildman–Crippen MR) is 74.9 cm³/mol. The van der Waals surface area contributed by atoms with Crippen molar-refractivity contribution in [1.82, 2.24) is 0 Å². The molecule has 1 aromatic carbocycles. The Bertz CT molecular complexity index is 626. The predicted octanol–water partition coefficient (Wildman–Crippen LogP) is 3.69. The molecule has 0 saturated heterocycles. The average Bonchev–Trinajstić information content (AvgIpc) is 2.75. The molecule has 0 aliphatic heterocycles. The monoisotopic (exact) mass is 303 g/mol. The first-order valence-corrected chi connectivity index (χ1v) is 6.27. The molecule has 0 spiro atoms. The Morgan fingerprint density at radius 2 is 1.89 bits per heavy atom. The van der Waals surface area contributed by atoms with Crippen molar-refractivity contribution in [3.8, 4) is 0 Å². The highest BCUT2D eigenvalue weighted by Crippen LogP contribution is 2.40. The van der Waals surface area contributed by atoms with Crippen molar-refractivity contribution >= 4 is 33.3 Å². The van der Waals surface area contributed by atoms with Gasteiger partial charge in [0.05, 0.1) is 7.11 Å². The minimum absolute atomic E-state index is 0.748. The maximum Gasteiger partial charge on any atom is 0.115 e. The number of nitrogens with zero attached hydrogens (tertiary/aromatic N) is 1. The summed E-state index contributed by atoms with van der Waals surface area (Å²) in [6, 6.07) is 8.25. The van der Waals surface area contributed by atoms with E-state index in [1.54, 1.807) is 0 Å². The fourth-order valence-corrected chi connectivity index (χ4v) is 2.60. The van der Waals surface area contributed by atoms with Crippen LogP contribution in [0.3, 0.4) is 0 Å². The van der Waals surface area contributed by atoms with Gasteiger partial charge in [-0.15, -0.1) is 0 Å². The second-order valence-electron chi connectivity index (χ2n) is 3.95. The minimum atomic E-state index is 0.748. The van der Waals surface area contributed by atoms with Gasteiger partial charge in [0, 0.05) is 10.1 Å². The van der Waals surface area contributed by atoms with Crippen LogP contribution in [0, 0.1) is 0 Å². The van der Waals surface area contributed by atoms with Gasteiger partial charge in [-0.2, -0.15) is 4.89 Å². The second kappa shape index (κ2) is 4.55. The molecule has 18 heavy (non-hydrogen) atoms. The molecule has 1 aromatic rings. The second-order valence-corrected chi connectivity index (χ2v) is 4.87. The lowest BCUT2D eigenvalue weighted by Crippen LogP contribution is -2.04. The van der Waals surface area contributed by atoms with Crippen LogP contribution in [0.2, 0.25) is 0 Å². The third-order valence-electron chi connectivity index (χ3n) is 2.88. The van der Waals surface area contributed by atoms with Crippen LogP contribution in [-0.4, -0.2) is 12.8 Å². The number of benzene rings is 1. The van der Waals surface area contributed by atoms with Gasteiger partial charge < -0.3 is 0 Å². The van der Waals surface area contributed by atoms with Crippen LogP contribution < -0.4 is 0 Å². The van der Waals surface area contributed by atoms with Gasteiger partial charge in [0.1, 0.15) is 5.71 Å². The molecule has 0 bridgehead atoms. The van der Waals surface area contributed by atoms with Crippen molar-refractivity contribution in [3.05, 3.63) is 57.6 Å². The van der Waals surface area contributed by atoms with E-state index in [2.05, 4.69) is 55.2 Å². The van der Waals surface area contributed by atoms with Crippen LogP contribution >= 0.6 is 15.9 Å². The van der Waals surface area contributed by atoms with Crippen molar-refractivity contribution in [1.29, 1.82) is 0 Å². The molecule has 0 radical (unpaired) electrons. The zero-order valence-corrected chi connectivity index (χ0v) is 11.3. The maximum atomic E-state index is 4.68. The lowest BCUT2D eigenvalue weighted by atomic mass is 9.96. The van der Waals surface area contributed by atoms with Crippen LogP contribution in [0.5, 0.6) is 0 Å². The average molecular weight is 304 g/mol. The van der Waals surface area contributed by atoms with E-state index in [1.165, 1.54) is 18.2 Å². The molecule has 0 heterocycles. The molecule has 0 unspecified atom stereocenters. The quantitative estimate of drug-likeness (QED) is 0.616. The van der Waals surface area contributed by atoms with E-state index in [4.69, 9.17) is 0 Å². The van der Waals surface area contributed by atoms with Crippen molar-refractivity contribution in [2.24, 2.45) is 5.16 Å². The van der Waals surface area contributed by atoms with E-state index in [0.717, 1.165) is 21.3 Å². The Kier molecular flexibility index (Phi) is 2.89. The highest BCUT2D eigenvalue weighted by atomic mass is 79.9. The SMILES string of the molecule is COON=C1C=C(Br)C=C2C1=Cc1ccccc12. The normalized spacial score (nSPS) is 18.8. The Labute approximate surface area is 113 Å². The van der Waals surface area contributed by atoms with Crippen molar-refractivity contribution < 1.29 is 9.88 Å². The first-order chi connectivity index (χ1) is 8.79. The summed E-state index contributed by atoms with van der Waals surface area (Å²) in [7, 11) is 1.43. The summed E-state index contributed by atoms with van der Waals surface area (Å²) in [4.78, 5) is 9.21. The minimum Gasteiger partial charge on any atom is -0.220 e. The topological polar surface area (TPSA) is 30.8 Å².